The smallest absolute Gasteiger partial charge is 0.122 e. The molecule has 0 aliphatic heterocycles. The summed E-state index contributed by atoms with van der Waals surface area (Å²) < 4.78 is 2.25. The number of hydrogen-bond acceptors (Lipinski definition) is 2. The third kappa shape index (κ3) is 2.78. The average molecular weight is 341 g/mol. The third-order valence-electron chi connectivity index (χ3n) is 5.40. The zero-order valence-corrected chi connectivity index (χ0v) is 14.9. The molecule has 0 atom stereocenters. The molecule has 0 spiro atoms. The minimum absolute atomic E-state index is 0.364. The highest BCUT2D eigenvalue weighted by atomic mass is 15.1. The monoisotopic (exact) mass is 341 g/mol. The second kappa shape index (κ2) is 7.09. The maximum absolute atomic E-state index is 9.90. The van der Waals surface area contributed by atoms with E-state index in [1.54, 1.807) is 0 Å². The third-order valence-corrected chi connectivity index (χ3v) is 5.40. The SMILES string of the molecule is N#Cc1c(-c2ccccc2)c(-c2ccccc2)n(C2CCCCC2)c1N. The summed E-state index contributed by atoms with van der Waals surface area (Å²) >= 11 is 0. The summed E-state index contributed by atoms with van der Waals surface area (Å²) in [4.78, 5) is 0. The van der Waals surface area contributed by atoms with Crippen LogP contribution >= 0.6 is 0 Å². The molecule has 3 aromatic rings. The number of hydrogen-bond donors (Lipinski definition) is 1. The Bertz CT molecular complexity index is 927. The van der Waals surface area contributed by atoms with Crippen molar-refractivity contribution in [1.29, 1.82) is 5.26 Å². The Morgan fingerprint density at radius 2 is 1.42 bits per heavy atom. The molecule has 3 heteroatoms. The van der Waals surface area contributed by atoms with Crippen molar-refractivity contribution < 1.29 is 0 Å². The van der Waals surface area contributed by atoms with Gasteiger partial charge in [0.25, 0.3) is 0 Å². The molecule has 1 aliphatic rings. The highest BCUT2D eigenvalue weighted by molar-refractivity contribution is 5.90. The van der Waals surface area contributed by atoms with E-state index in [9.17, 15) is 5.26 Å². The lowest BCUT2D eigenvalue weighted by molar-refractivity contribution is 0.359. The molecule has 1 aromatic heterocycles. The van der Waals surface area contributed by atoms with Crippen LogP contribution in [0.1, 0.15) is 43.7 Å². The number of benzene rings is 2. The first-order valence-electron chi connectivity index (χ1n) is 9.36. The summed E-state index contributed by atoms with van der Waals surface area (Å²) in [5.41, 5.74) is 11.4. The number of aromatic nitrogens is 1. The van der Waals surface area contributed by atoms with Gasteiger partial charge in [0.15, 0.2) is 0 Å². The summed E-state index contributed by atoms with van der Waals surface area (Å²) in [5.74, 6) is 0.608. The molecule has 2 aromatic carbocycles. The van der Waals surface area contributed by atoms with Gasteiger partial charge in [-0.2, -0.15) is 5.26 Å². The number of nitrogens with zero attached hydrogens (tertiary/aromatic N) is 2. The molecule has 130 valence electrons. The van der Waals surface area contributed by atoms with Crippen molar-refractivity contribution >= 4 is 5.82 Å². The van der Waals surface area contributed by atoms with Crippen LogP contribution in [0.2, 0.25) is 0 Å². The first-order chi connectivity index (χ1) is 12.8. The number of nitrogen functional groups attached to an aromatic ring is 1. The van der Waals surface area contributed by atoms with Gasteiger partial charge in [0.2, 0.25) is 0 Å². The van der Waals surface area contributed by atoms with E-state index in [4.69, 9.17) is 5.73 Å². The van der Waals surface area contributed by atoms with Crippen LogP contribution in [0.25, 0.3) is 22.4 Å². The fourth-order valence-corrected chi connectivity index (χ4v) is 4.20. The van der Waals surface area contributed by atoms with Crippen LogP contribution in [0.3, 0.4) is 0 Å². The van der Waals surface area contributed by atoms with Gasteiger partial charge in [-0.15, -0.1) is 0 Å². The van der Waals surface area contributed by atoms with E-state index in [0.717, 1.165) is 35.2 Å². The summed E-state index contributed by atoms with van der Waals surface area (Å²) in [6.45, 7) is 0. The van der Waals surface area contributed by atoms with E-state index in [1.165, 1.54) is 19.3 Å². The summed E-state index contributed by atoms with van der Waals surface area (Å²) in [5, 5.41) is 9.90. The number of nitriles is 1. The van der Waals surface area contributed by atoms with Crippen molar-refractivity contribution in [2.24, 2.45) is 0 Å². The topological polar surface area (TPSA) is 54.7 Å². The molecule has 1 saturated carbocycles. The number of nitrogens with two attached hydrogens (primary N) is 1. The van der Waals surface area contributed by atoms with E-state index in [1.807, 2.05) is 36.4 Å². The molecule has 1 aliphatic carbocycles. The molecule has 2 N–H and O–H groups in total. The highest BCUT2D eigenvalue weighted by Crippen LogP contribution is 2.44. The zero-order valence-electron chi connectivity index (χ0n) is 14.9. The molecule has 26 heavy (non-hydrogen) atoms. The zero-order chi connectivity index (χ0) is 17.9. The normalized spacial score (nSPS) is 14.9. The predicted molar refractivity (Wildman–Crippen MR) is 107 cm³/mol. The fraction of sp³-hybridized carbons (Fsp3) is 0.261. The lowest BCUT2D eigenvalue weighted by Gasteiger charge is -2.27. The Hall–Kier alpha value is -2.99. The first kappa shape index (κ1) is 16.5. The molecule has 0 radical (unpaired) electrons. The number of rotatable bonds is 3. The minimum Gasteiger partial charge on any atom is -0.384 e. The Balaban J connectivity index is 2.03. The van der Waals surface area contributed by atoms with Gasteiger partial charge in [-0.25, -0.2) is 0 Å². The van der Waals surface area contributed by atoms with Crippen LogP contribution in [-0.4, -0.2) is 4.57 Å². The molecular formula is C23H23N3. The highest BCUT2D eigenvalue weighted by Gasteiger charge is 2.28. The Morgan fingerprint density at radius 1 is 0.846 bits per heavy atom. The summed E-state index contributed by atoms with van der Waals surface area (Å²) in [7, 11) is 0. The molecular weight excluding hydrogens is 318 g/mol. The van der Waals surface area contributed by atoms with Crippen LogP contribution < -0.4 is 5.73 Å². The molecule has 4 rings (SSSR count). The maximum Gasteiger partial charge on any atom is 0.122 e. The lowest BCUT2D eigenvalue weighted by atomic mass is 9.94. The predicted octanol–water partition coefficient (Wildman–Crippen LogP) is 5.78. The van der Waals surface area contributed by atoms with Gasteiger partial charge in [-0.3, -0.25) is 0 Å². The Labute approximate surface area is 154 Å². The van der Waals surface area contributed by atoms with Crippen LogP contribution in [0.5, 0.6) is 0 Å². The molecule has 0 bridgehead atoms. The van der Waals surface area contributed by atoms with Crippen molar-refractivity contribution in [2.45, 2.75) is 38.1 Å². The van der Waals surface area contributed by atoms with E-state index in [0.29, 0.717) is 17.4 Å². The minimum atomic E-state index is 0.364. The van der Waals surface area contributed by atoms with Crippen molar-refractivity contribution in [3.63, 3.8) is 0 Å². The second-order valence-corrected chi connectivity index (χ2v) is 6.99. The van der Waals surface area contributed by atoms with Gasteiger partial charge >= 0.3 is 0 Å². The molecule has 0 saturated heterocycles. The van der Waals surface area contributed by atoms with E-state index in [-0.39, 0.29) is 0 Å². The first-order valence-corrected chi connectivity index (χ1v) is 9.36. The maximum atomic E-state index is 9.90. The van der Waals surface area contributed by atoms with Crippen molar-refractivity contribution in [1.82, 2.24) is 4.57 Å². The standard InChI is InChI=1S/C23H23N3/c24-16-20-21(17-10-4-1-5-11-17)22(18-12-6-2-7-13-18)26(23(20)25)19-14-8-3-9-15-19/h1-2,4-7,10-13,19H,3,8-9,14-15,25H2. The second-order valence-electron chi connectivity index (χ2n) is 6.99. The fourth-order valence-electron chi connectivity index (χ4n) is 4.20. The van der Waals surface area contributed by atoms with E-state index in [2.05, 4.69) is 34.9 Å². The molecule has 3 nitrogen and oxygen atoms in total. The van der Waals surface area contributed by atoms with Crippen molar-refractivity contribution in [3.8, 4) is 28.5 Å². The van der Waals surface area contributed by atoms with E-state index < -0.39 is 0 Å². The molecule has 0 unspecified atom stereocenters. The van der Waals surface area contributed by atoms with Crippen LogP contribution in [0.4, 0.5) is 5.82 Å². The quantitative estimate of drug-likeness (QED) is 0.656. The van der Waals surface area contributed by atoms with Gasteiger partial charge in [0.1, 0.15) is 17.5 Å². The van der Waals surface area contributed by atoms with Crippen molar-refractivity contribution in [3.05, 3.63) is 66.2 Å². The summed E-state index contributed by atoms with van der Waals surface area (Å²) in [6.07, 6.45) is 5.97. The Morgan fingerprint density at radius 3 is 2.00 bits per heavy atom. The van der Waals surface area contributed by atoms with Gasteiger partial charge in [0, 0.05) is 11.6 Å². The van der Waals surface area contributed by atoms with Gasteiger partial charge < -0.3 is 10.3 Å². The molecule has 0 amide bonds. The van der Waals surface area contributed by atoms with Crippen LogP contribution in [0, 0.1) is 11.3 Å². The molecule has 1 fully saturated rings. The number of anilines is 1. The van der Waals surface area contributed by atoms with Gasteiger partial charge in [0.05, 0.1) is 5.69 Å². The lowest BCUT2D eigenvalue weighted by Crippen LogP contribution is -2.16. The summed E-state index contributed by atoms with van der Waals surface area (Å²) in [6, 6.07) is 23.2. The van der Waals surface area contributed by atoms with E-state index >= 15 is 0 Å². The van der Waals surface area contributed by atoms with Crippen molar-refractivity contribution in [2.75, 3.05) is 5.73 Å². The molecule has 1 heterocycles. The average Bonchev–Trinajstić information content (AvgIpc) is 3.02. The van der Waals surface area contributed by atoms with Crippen LogP contribution in [-0.2, 0) is 0 Å². The van der Waals surface area contributed by atoms with Gasteiger partial charge in [-0.1, -0.05) is 79.9 Å². The largest absolute Gasteiger partial charge is 0.384 e. The van der Waals surface area contributed by atoms with Gasteiger partial charge in [-0.05, 0) is 24.0 Å². The van der Waals surface area contributed by atoms with Crippen LogP contribution in [0.15, 0.2) is 60.7 Å². The Kier molecular flexibility index (Phi) is 4.50.